The molecule has 0 radical (unpaired) electrons. The van der Waals surface area contributed by atoms with Crippen LogP contribution in [0.15, 0.2) is 35.5 Å². The van der Waals surface area contributed by atoms with Crippen LogP contribution in [0.5, 0.6) is 0 Å². The minimum absolute atomic E-state index is 0.0217. The number of allylic oxidation sites excluding steroid dienone is 3. The molecule has 0 bridgehead atoms. The smallest absolute Gasteiger partial charge is 0.0591 e. The lowest BCUT2D eigenvalue weighted by Gasteiger charge is -2.34. The average molecular weight is 205 g/mol. The van der Waals surface area contributed by atoms with Crippen LogP contribution in [-0.4, -0.2) is 12.6 Å². The Morgan fingerprint density at radius 2 is 1.87 bits per heavy atom. The van der Waals surface area contributed by atoms with E-state index in [1.165, 1.54) is 11.1 Å². The maximum absolute atomic E-state index is 3.39. The van der Waals surface area contributed by atoms with Gasteiger partial charge in [0.2, 0.25) is 0 Å². The molecule has 0 aromatic rings. The molecular weight excluding hydrogens is 182 g/mol. The molecule has 0 aliphatic heterocycles. The lowest BCUT2D eigenvalue weighted by atomic mass is 9.76. The molecule has 1 atom stereocenters. The van der Waals surface area contributed by atoms with Crippen LogP contribution in [0.1, 0.15) is 34.6 Å². The molecule has 84 valence electrons. The van der Waals surface area contributed by atoms with Crippen molar-refractivity contribution in [3.63, 3.8) is 0 Å². The fourth-order valence-electron chi connectivity index (χ4n) is 1.80. The molecule has 1 heteroatoms. The van der Waals surface area contributed by atoms with E-state index in [2.05, 4.69) is 64.2 Å². The van der Waals surface area contributed by atoms with Crippen molar-refractivity contribution in [3.8, 4) is 0 Å². The fourth-order valence-corrected chi connectivity index (χ4v) is 1.80. The van der Waals surface area contributed by atoms with E-state index in [1.54, 1.807) is 0 Å². The summed E-state index contributed by atoms with van der Waals surface area (Å²) in [6.07, 6.45) is 8.66. The zero-order valence-electron chi connectivity index (χ0n) is 10.8. The largest absolute Gasteiger partial charge is 0.307 e. The van der Waals surface area contributed by atoms with Crippen molar-refractivity contribution >= 4 is 0 Å². The van der Waals surface area contributed by atoms with Crippen molar-refractivity contribution in [2.75, 3.05) is 7.05 Å². The van der Waals surface area contributed by atoms with Gasteiger partial charge in [0.25, 0.3) is 0 Å². The Balaban J connectivity index is 3.24. The van der Waals surface area contributed by atoms with Crippen molar-refractivity contribution in [1.29, 1.82) is 0 Å². The van der Waals surface area contributed by atoms with Gasteiger partial charge in [0, 0.05) is 0 Å². The zero-order chi connectivity index (χ0) is 11.7. The first kappa shape index (κ1) is 12.3. The first-order chi connectivity index (χ1) is 6.81. The van der Waals surface area contributed by atoms with Crippen LogP contribution in [0.4, 0.5) is 0 Å². The van der Waals surface area contributed by atoms with Gasteiger partial charge >= 0.3 is 0 Å². The van der Waals surface area contributed by atoms with Gasteiger partial charge in [-0.1, -0.05) is 50.6 Å². The molecule has 0 aromatic carbocycles. The van der Waals surface area contributed by atoms with Gasteiger partial charge in [-0.3, -0.25) is 0 Å². The highest BCUT2D eigenvalue weighted by molar-refractivity contribution is 5.45. The molecule has 1 aliphatic rings. The Kier molecular flexibility index (Phi) is 3.25. The maximum atomic E-state index is 3.39. The number of hydrogen-bond donors (Lipinski definition) is 1. The van der Waals surface area contributed by atoms with Gasteiger partial charge in [-0.05, 0) is 31.9 Å². The van der Waals surface area contributed by atoms with Crippen molar-refractivity contribution < 1.29 is 0 Å². The van der Waals surface area contributed by atoms with Gasteiger partial charge < -0.3 is 5.32 Å². The van der Waals surface area contributed by atoms with Crippen molar-refractivity contribution in [1.82, 2.24) is 5.32 Å². The maximum Gasteiger partial charge on any atom is 0.0591 e. The van der Waals surface area contributed by atoms with E-state index in [0.29, 0.717) is 0 Å². The SMILES string of the molecule is CNC1(C)C=CC=C/C1=C(/C)C(C)(C)C. The molecule has 0 aromatic heterocycles. The van der Waals surface area contributed by atoms with Crippen molar-refractivity contribution in [3.05, 3.63) is 35.5 Å². The van der Waals surface area contributed by atoms with Crippen LogP contribution in [-0.2, 0) is 0 Å². The van der Waals surface area contributed by atoms with E-state index in [1.807, 2.05) is 7.05 Å². The molecule has 0 spiro atoms. The van der Waals surface area contributed by atoms with Crippen LogP contribution in [0.2, 0.25) is 0 Å². The highest BCUT2D eigenvalue weighted by Crippen LogP contribution is 2.34. The van der Waals surface area contributed by atoms with Crippen LogP contribution in [0, 0.1) is 5.41 Å². The second kappa shape index (κ2) is 3.97. The quantitative estimate of drug-likeness (QED) is 0.691. The van der Waals surface area contributed by atoms with E-state index < -0.39 is 0 Å². The summed E-state index contributed by atoms with van der Waals surface area (Å²) in [5.74, 6) is 0. The van der Waals surface area contributed by atoms with Crippen LogP contribution < -0.4 is 5.32 Å². The fraction of sp³-hybridized carbons (Fsp3) is 0.571. The number of nitrogens with one attached hydrogen (secondary N) is 1. The van der Waals surface area contributed by atoms with Gasteiger partial charge in [0.1, 0.15) is 0 Å². The topological polar surface area (TPSA) is 12.0 Å². The summed E-state index contributed by atoms with van der Waals surface area (Å²) < 4.78 is 0. The van der Waals surface area contributed by atoms with Gasteiger partial charge in [0.15, 0.2) is 0 Å². The average Bonchev–Trinajstić information content (AvgIpc) is 2.16. The normalized spacial score (nSPS) is 29.5. The first-order valence-corrected chi connectivity index (χ1v) is 5.58. The second-order valence-corrected chi connectivity index (χ2v) is 5.46. The third-order valence-electron chi connectivity index (χ3n) is 3.41. The molecule has 1 N–H and O–H groups in total. The summed E-state index contributed by atoms with van der Waals surface area (Å²) in [6.45, 7) is 11.2. The molecule has 0 heterocycles. The summed E-state index contributed by atoms with van der Waals surface area (Å²) in [4.78, 5) is 0. The summed E-state index contributed by atoms with van der Waals surface area (Å²) in [5, 5.41) is 3.39. The van der Waals surface area contributed by atoms with Crippen molar-refractivity contribution in [2.45, 2.75) is 40.2 Å². The van der Waals surface area contributed by atoms with Crippen LogP contribution in [0.3, 0.4) is 0 Å². The third kappa shape index (κ3) is 2.40. The molecule has 0 saturated carbocycles. The molecule has 0 saturated heterocycles. The van der Waals surface area contributed by atoms with Gasteiger partial charge in [-0.25, -0.2) is 0 Å². The lowest BCUT2D eigenvalue weighted by molar-refractivity contribution is 0.474. The lowest BCUT2D eigenvalue weighted by Crippen LogP contribution is -2.41. The minimum atomic E-state index is -0.0217. The number of likely N-dealkylation sites (N-methyl/N-ethyl adjacent to an activating group) is 1. The highest BCUT2D eigenvalue weighted by atomic mass is 14.9. The van der Waals surface area contributed by atoms with Gasteiger partial charge in [-0.2, -0.15) is 0 Å². The van der Waals surface area contributed by atoms with E-state index >= 15 is 0 Å². The Hall–Kier alpha value is -0.820. The summed E-state index contributed by atoms with van der Waals surface area (Å²) in [6, 6.07) is 0. The Morgan fingerprint density at radius 1 is 1.27 bits per heavy atom. The molecule has 1 nitrogen and oxygen atoms in total. The minimum Gasteiger partial charge on any atom is -0.307 e. The molecule has 1 rings (SSSR count). The zero-order valence-corrected chi connectivity index (χ0v) is 10.8. The summed E-state index contributed by atoms with van der Waals surface area (Å²) in [7, 11) is 2.01. The van der Waals surface area contributed by atoms with Gasteiger partial charge in [0.05, 0.1) is 5.54 Å². The van der Waals surface area contributed by atoms with Crippen LogP contribution >= 0.6 is 0 Å². The Labute approximate surface area is 94.0 Å². The summed E-state index contributed by atoms with van der Waals surface area (Å²) in [5.41, 5.74) is 3.04. The Morgan fingerprint density at radius 3 is 2.33 bits per heavy atom. The number of hydrogen-bond acceptors (Lipinski definition) is 1. The highest BCUT2D eigenvalue weighted by Gasteiger charge is 2.28. The third-order valence-corrected chi connectivity index (χ3v) is 3.41. The predicted molar refractivity (Wildman–Crippen MR) is 67.9 cm³/mol. The standard InChI is InChI=1S/C14H23N/c1-11(13(2,3)4)12-9-7-8-10-14(12,5)15-6/h7-10,15H,1-6H3/b12-11+. The number of rotatable bonds is 1. The van der Waals surface area contributed by atoms with Crippen LogP contribution in [0.25, 0.3) is 0 Å². The monoisotopic (exact) mass is 205 g/mol. The van der Waals surface area contributed by atoms with Gasteiger partial charge in [-0.15, -0.1) is 0 Å². The van der Waals surface area contributed by atoms with E-state index in [-0.39, 0.29) is 11.0 Å². The molecule has 0 amide bonds. The molecule has 1 aliphatic carbocycles. The molecule has 1 unspecified atom stereocenters. The molecular formula is C14H23N. The second-order valence-electron chi connectivity index (χ2n) is 5.46. The van der Waals surface area contributed by atoms with E-state index in [0.717, 1.165) is 0 Å². The van der Waals surface area contributed by atoms with E-state index in [4.69, 9.17) is 0 Å². The first-order valence-electron chi connectivity index (χ1n) is 5.58. The van der Waals surface area contributed by atoms with E-state index in [9.17, 15) is 0 Å². The van der Waals surface area contributed by atoms with Crippen molar-refractivity contribution in [2.24, 2.45) is 5.41 Å². The summed E-state index contributed by atoms with van der Waals surface area (Å²) >= 11 is 0. The Bertz CT molecular complexity index is 326. The molecule has 15 heavy (non-hydrogen) atoms. The predicted octanol–water partition coefficient (Wildman–Crippen LogP) is 3.45. The molecule has 0 fully saturated rings.